The van der Waals surface area contributed by atoms with Crippen molar-refractivity contribution in [3.63, 3.8) is 0 Å². The van der Waals surface area contributed by atoms with Crippen LogP contribution < -0.4 is 15.4 Å². The molecule has 1 amide bonds. The van der Waals surface area contributed by atoms with E-state index in [4.69, 9.17) is 4.74 Å². The molecule has 0 radical (unpaired) electrons. The molecular weight excluding hydrogens is 272 g/mol. The Morgan fingerprint density at radius 2 is 2.15 bits per heavy atom. The number of benzene rings is 1. The van der Waals surface area contributed by atoms with Crippen LogP contribution in [0.4, 0.5) is 11.4 Å². The zero-order valence-electron chi connectivity index (χ0n) is 11.8. The van der Waals surface area contributed by atoms with Gasteiger partial charge in [-0.05, 0) is 36.6 Å². The summed E-state index contributed by atoms with van der Waals surface area (Å²) in [6.45, 7) is 3.59. The van der Waals surface area contributed by atoms with Gasteiger partial charge < -0.3 is 15.4 Å². The Balaban J connectivity index is 2.21. The fraction of sp³-hybridized carbons (Fsp3) is 0.267. The SMILES string of the molecule is COc1ccc(NC(C)=O)cc1NC(C)c1cccs1. The normalized spacial score (nSPS) is 11.8. The number of carbonyl (C=O) groups is 1. The number of nitrogens with one attached hydrogen (secondary N) is 2. The van der Waals surface area contributed by atoms with E-state index >= 15 is 0 Å². The van der Waals surface area contributed by atoms with E-state index in [1.54, 1.807) is 18.4 Å². The fourth-order valence-corrected chi connectivity index (χ4v) is 2.68. The summed E-state index contributed by atoms with van der Waals surface area (Å²) in [6.07, 6.45) is 0. The number of ether oxygens (including phenoxy) is 1. The number of anilines is 2. The van der Waals surface area contributed by atoms with Gasteiger partial charge in [0, 0.05) is 17.5 Å². The van der Waals surface area contributed by atoms with E-state index in [0.29, 0.717) is 0 Å². The lowest BCUT2D eigenvalue weighted by molar-refractivity contribution is -0.114. The van der Waals surface area contributed by atoms with Crippen LogP contribution in [0.2, 0.25) is 0 Å². The average molecular weight is 290 g/mol. The second kappa shape index (κ2) is 6.43. The topological polar surface area (TPSA) is 50.4 Å². The van der Waals surface area contributed by atoms with Crippen molar-refractivity contribution in [1.29, 1.82) is 0 Å². The van der Waals surface area contributed by atoms with Gasteiger partial charge in [-0.15, -0.1) is 11.3 Å². The van der Waals surface area contributed by atoms with Crippen molar-refractivity contribution >= 4 is 28.6 Å². The van der Waals surface area contributed by atoms with E-state index in [0.717, 1.165) is 17.1 Å². The van der Waals surface area contributed by atoms with Crippen LogP contribution in [0.5, 0.6) is 5.75 Å². The molecule has 0 bridgehead atoms. The Hall–Kier alpha value is -2.01. The molecule has 1 unspecified atom stereocenters. The van der Waals surface area contributed by atoms with Crippen molar-refractivity contribution in [2.45, 2.75) is 19.9 Å². The van der Waals surface area contributed by atoms with Gasteiger partial charge in [-0.3, -0.25) is 4.79 Å². The molecule has 0 saturated heterocycles. The first-order valence-corrected chi connectivity index (χ1v) is 7.23. The number of hydrogen-bond donors (Lipinski definition) is 2. The molecule has 0 spiro atoms. The number of methoxy groups -OCH3 is 1. The predicted molar refractivity (Wildman–Crippen MR) is 83.7 cm³/mol. The van der Waals surface area contributed by atoms with Gasteiger partial charge in [0.05, 0.1) is 18.8 Å². The minimum atomic E-state index is -0.0903. The molecule has 0 aliphatic heterocycles. The lowest BCUT2D eigenvalue weighted by Gasteiger charge is -2.17. The standard InChI is InChI=1S/C15H18N2O2S/c1-10(15-5-4-8-20-15)16-13-9-12(17-11(2)18)6-7-14(13)19-3/h4-10,16H,1-3H3,(H,17,18). The van der Waals surface area contributed by atoms with E-state index in [2.05, 4.69) is 29.0 Å². The first-order chi connectivity index (χ1) is 9.60. The van der Waals surface area contributed by atoms with Crippen molar-refractivity contribution in [2.75, 3.05) is 17.7 Å². The van der Waals surface area contributed by atoms with Crippen molar-refractivity contribution in [1.82, 2.24) is 0 Å². The van der Waals surface area contributed by atoms with Crippen LogP contribution in [0.25, 0.3) is 0 Å². The van der Waals surface area contributed by atoms with Crippen LogP contribution in [0.15, 0.2) is 35.7 Å². The summed E-state index contributed by atoms with van der Waals surface area (Å²) in [4.78, 5) is 12.4. The molecule has 5 heteroatoms. The van der Waals surface area contributed by atoms with Gasteiger partial charge in [-0.25, -0.2) is 0 Å². The van der Waals surface area contributed by atoms with Crippen LogP contribution in [0.1, 0.15) is 24.8 Å². The maximum Gasteiger partial charge on any atom is 0.221 e. The zero-order chi connectivity index (χ0) is 14.5. The minimum Gasteiger partial charge on any atom is -0.495 e. The Labute approximate surface area is 122 Å². The maximum atomic E-state index is 11.1. The fourth-order valence-electron chi connectivity index (χ4n) is 1.94. The van der Waals surface area contributed by atoms with E-state index in [9.17, 15) is 4.79 Å². The molecule has 2 aromatic rings. The summed E-state index contributed by atoms with van der Waals surface area (Å²) in [6, 6.07) is 9.84. The molecule has 1 aromatic heterocycles. The quantitative estimate of drug-likeness (QED) is 0.878. The van der Waals surface area contributed by atoms with Crippen LogP contribution >= 0.6 is 11.3 Å². The van der Waals surface area contributed by atoms with Gasteiger partial charge in [-0.1, -0.05) is 6.07 Å². The third-order valence-electron chi connectivity index (χ3n) is 2.86. The molecule has 1 heterocycles. The Morgan fingerprint density at radius 3 is 2.75 bits per heavy atom. The molecule has 20 heavy (non-hydrogen) atoms. The summed E-state index contributed by atoms with van der Waals surface area (Å²) >= 11 is 1.71. The van der Waals surface area contributed by atoms with Gasteiger partial charge in [0.2, 0.25) is 5.91 Å². The second-order valence-corrected chi connectivity index (χ2v) is 5.46. The highest BCUT2D eigenvalue weighted by Gasteiger charge is 2.11. The molecule has 0 fully saturated rings. The van der Waals surface area contributed by atoms with Crippen LogP contribution in [0.3, 0.4) is 0 Å². The average Bonchev–Trinajstić information content (AvgIpc) is 2.92. The number of carbonyl (C=O) groups excluding carboxylic acids is 1. The highest BCUT2D eigenvalue weighted by Crippen LogP contribution is 2.32. The lowest BCUT2D eigenvalue weighted by atomic mass is 10.2. The van der Waals surface area contributed by atoms with E-state index in [1.807, 2.05) is 24.3 Å². The largest absolute Gasteiger partial charge is 0.495 e. The van der Waals surface area contributed by atoms with Gasteiger partial charge in [0.15, 0.2) is 0 Å². The van der Waals surface area contributed by atoms with Crippen LogP contribution in [-0.4, -0.2) is 13.0 Å². The monoisotopic (exact) mass is 290 g/mol. The van der Waals surface area contributed by atoms with Gasteiger partial charge in [0.1, 0.15) is 5.75 Å². The van der Waals surface area contributed by atoms with Gasteiger partial charge in [0.25, 0.3) is 0 Å². The number of thiophene rings is 1. The van der Waals surface area contributed by atoms with E-state index in [1.165, 1.54) is 11.8 Å². The first-order valence-electron chi connectivity index (χ1n) is 6.35. The highest BCUT2D eigenvalue weighted by molar-refractivity contribution is 7.10. The molecule has 106 valence electrons. The maximum absolute atomic E-state index is 11.1. The molecule has 0 aliphatic rings. The van der Waals surface area contributed by atoms with Gasteiger partial charge >= 0.3 is 0 Å². The second-order valence-electron chi connectivity index (χ2n) is 4.48. The molecule has 0 saturated carbocycles. The summed E-state index contributed by atoms with van der Waals surface area (Å²) in [5, 5.41) is 8.24. The van der Waals surface area contributed by atoms with Gasteiger partial charge in [-0.2, -0.15) is 0 Å². The minimum absolute atomic E-state index is 0.0903. The van der Waals surface area contributed by atoms with E-state index in [-0.39, 0.29) is 11.9 Å². The Bertz CT molecular complexity index is 582. The smallest absolute Gasteiger partial charge is 0.221 e. The third-order valence-corrected chi connectivity index (χ3v) is 3.92. The van der Waals surface area contributed by atoms with Crippen LogP contribution in [0, 0.1) is 0 Å². The van der Waals surface area contributed by atoms with Crippen molar-refractivity contribution in [2.24, 2.45) is 0 Å². The predicted octanol–water partition coefficient (Wildman–Crippen LogP) is 3.89. The highest BCUT2D eigenvalue weighted by atomic mass is 32.1. The molecule has 0 aliphatic carbocycles. The molecule has 1 atom stereocenters. The number of rotatable bonds is 5. The zero-order valence-corrected chi connectivity index (χ0v) is 12.6. The molecule has 2 rings (SSSR count). The van der Waals surface area contributed by atoms with Crippen molar-refractivity contribution < 1.29 is 9.53 Å². The summed E-state index contributed by atoms with van der Waals surface area (Å²) in [7, 11) is 1.63. The Morgan fingerprint density at radius 1 is 1.35 bits per heavy atom. The first kappa shape index (κ1) is 14.4. The van der Waals surface area contributed by atoms with Crippen LogP contribution in [-0.2, 0) is 4.79 Å². The van der Waals surface area contributed by atoms with E-state index < -0.39 is 0 Å². The summed E-state index contributed by atoms with van der Waals surface area (Å²) in [5.74, 6) is 0.662. The molecular formula is C15H18N2O2S. The Kier molecular flexibility index (Phi) is 4.63. The number of hydrogen-bond acceptors (Lipinski definition) is 4. The summed E-state index contributed by atoms with van der Waals surface area (Å²) < 4.78 is 5.35. The number of amides is 1. The third kappa shape index (κ3) is 3.51. The lowest BCUT2D eigenvalue weighted by Crippen LogP contribution is -2.09. The molecule has 4 nitrogen and oxygen atoms in total. The summed E-state index contributed by atoms with van der Waals surface area (Å²) in [5.41, 5.74) is 1.61. The molecule has 2 N–H and O–H groups in total. The van der Waals surface area contributed by atoms with Crippen molar-refractivity contribution in [3.8, 4) is 5.75 Å². The molecule has 1 aromatic carbocycles. The van der Waals surface area contributed by atoms with Crippen molar-refractivity contribution in [3.05, 3.63) is 40.6 Å².